The van der Waals surface area contributed by atoms with Gasteiger partial charge in [0.15, 0.2) is 17.0 Å². The second kappa shape index (κ2) is 10.8. The van der Waals surface area contributed by atoms with E-state index in [0.717, 1.165) is 45.4 Å². The minimum atomic E-state index is 0.119. The highest BCUT2D eigenvalue weighted by Gasteiger charge is 2.17. The van der Waals surface area contributed by atoms with E-state index in [1.54, 1.807) is 0 Å². The molecule has 1 atom stereocenters. The van der Waals surface area contributed by atoms with Crippen LogP contribution in [0.3, 0.4) is 0 Å². The Balaban J connectivity index is 1.38. The Kier molecular flexibility index (Phi) is 7.38. The van der Waals surface area contributed by atoms with Crippen LogP contribution in [-0.2, 0) is 9.61 Å². The van der Waals surface area contributed by atoms with E-state index in [4.69, 9.17) is 17.5 Å². The maximum atomic E-state index is 6.00. The molecule has 1 unspecified atom stereocenters. The normalized spacial score (nSPS) is 12.5. The first kappa shape index (κ1) is 24.5. The predicted molar refractivity (Wildman–Crippen MR) is 152 cm³/mol. The van der Waals surface area contributed by atoms with E-state index in [1.165, 1.54) is 0 Å². The zero-order valence-electron chi connectivity index (χ0n) is 20.5. The van der Waals surface area contributed by atoms with Gasteiger partial charge in [-0.05, 0) is 38.0 Å². The van der Waals surface area contributed by atoms with Crippen LogP contribution in [0.1, 0.15) is 38.8 Å². The number of aromatic nitrogens is 4. The average Bonchev–Trinajstić information content (AvgIpc) is 3.52. The van der Waals surface area contributed by atoms with Crippen molar-refractivity contribution in [2.75, 3.05) is 17.2 Å². The second-order valence-electron chi connectivity index (χ2n) is 9.04. The van der Waals surface area contributed by atoms with Crippen LogP contribution in [0.4, 0.5) is 11.8 Å². The molecule has 0 saturated carbocycles. The number of nitrogens with zero attached hydrogens (tertiary/aromatic N) is 4. The van der Waals surface area contributed by atoms with Gasteiger partial charge < -0.3 is 22.7 Å². The Morgan fingerprint density at radius 2 is 1.89 bits per heavy atom. The molecule has 9 heteroatoms. The largest absolute Gasteiger partial charge is 0.456 e. The monoisotopic (exact) mass is 596 g/mol. The molecule has 0 radical (unpaired) electrons. The number of benzene rings is 2. The predicted octanol–water partition coefficient (Wildman–Crippen LogP) is 6.99. The van der Waals surface area contributed by atoms with Gasteiger partial charge in [-0.3, -0.25) is 0 Å². The summed E-state index contributed by atoms with van der Waals surface area (Å²) < 4.78 is 13.4. The number of nitrogens with one attached hydrogen (secondary N) is 2. The first-order valence-corrected chi connectivity index (χ1v) is 13.0. The van der Waals surface area contributed by atoms with Crippen LogP contribution in [-0.4, -0.2) is 32.2 Å². The van der Waals surface area contributed by atoms with Crippen molar-refractivity contribution in [1.82, 2.24) is 19.5 Å². The van der Waals surface area contributed by atoms with Gasteiger partial charge in [-0.15, -0.1) is 0 Å². The van der Waals surface area contributed by atoms with E-state index >= 15 is 0 Å². The summed E-state index contributed by atoms with van der Waals surface area (Å²) in [6.45, 7) is 7.52. The van der Waals surface area contributed by atoms with Crippen molar-refractivity contribution >= 4 is 56.9 Å². The van der Waals surface area contributed by atoms with Crippen LogP contribution < -0.4 is 10.6 Å². The lowest BCUT2D eigenvalue weighted by atomic mass is 10.1. The maximum absolute atomic E-state index is 6.00. The van der Waals surface area contributed by atoms with Gasteiger partial charge in [0.2, 0.25) is 5.95 Å². The van der Waals surface area contributed by atoms with Gasteiger partial charge in [-0.1, -0.05) is 49.4 Å². The molecular formula is C27H29IN6O2. The third kappa shape index (κ3) is 5.17. The molecule has 0 bridgehead atoms. The molecule has 36 heavy (non-hydrogen) atoms. The highest BCUT2D eigenvalue weighted by molar-refractivity contribution is 14.1. The number of rotatable bonds is 10. The molecule has 8 nitrogen and oxygen atoms in total. The molecule has 0 aliphatic carbocycles. The molecular weight excluding hydrogens is 567 g/mol. The number of furan rings is 1. The van der Waals surface area contributed by atoms with Gasteiger partial charge in [-0.25, -0.2) is 4.98 Å². The number of para-hydroxylation sites is 1. The number of anilines is 2. The van der Waals surface area contributed by atoms with Crippen molar-refractivity contribution in [1.29, 1.82) is 0 Å². The van der Waals surface area contributed by atoms with Gasteiger partial charge in [0, 0.05) is 23.5 Å². The molecule has 3 aromatic heterocycles. The number of fused-ring (bicyclic) bond motifs is 2. The van der Waals surface area contributed by atoms with Crippen LogP contribution in [0, 0.1) is 0 Å². The fourth-order valence-electron chi connectivity index (χ4n) is 4.10. The summed E-state index contributed by atoms with van der Waals surface area (Å²) in [5.41, 5.74) is 4.63. The van der Waals surface area contributed by atoms with Crippen LogP contribution in [0.25, 0.3) is 33.5 Å². The topological polar surface area (TPSA) is 90.0 Å². The zero-order chi connectivity index (χ0) is 25.1. The van der Waals surface area contributed by atoms with Gasteiger partial charge in [0.1, 0.15) is 34.3 Å². The SMILES string of the molecule is CCC(COI)Nc1nc(NCc2ccc(-c3cc4ccccc4o3)cc2)c2ncn(C(C)C)c2n1. The Hall–Kier alpha value is -3.18. The standard InChI is InChI=1S/C27H29IN6O2/c1-4-21(15-35-28)31-27-32-25(24-26(33-27)34(16-30-24)17(2)3)29-14-18-9-11-19(12-10-18)23-13-20-7-5-6-8-22(20)36-23/h5-13,16-17,21H,4,14-15H2,1-3H3,(H2,29,31,32,33). The molecule has 3 heterocycles. The van der Waals surface area contributed by atoms with Crippen LogP contribution in [0.5, 0.6) is 0 Å². The van der Waals surface area contributed by atoms with Crippen LogP contribution >= 0.6 is 23.0 Å². The van der Waals surface area contributed by atoms with E-state index in [1.807, 2.05) is 47.5 Å². The van der Waals surface area contributed by atoms with Gasteiger partial charge in [-0.2, -0.15) is 9.97 Å². The van der Waals surface area contributed by atoms with Crippen molar-refractivity contribution in [3.63, 3.8) is 0 Å². The molecule has 5 aromatic rings. The van der Waals surface area contributed by atoms with E-state index < -0.39 is 0 Å². The van der Waals surface area contributed by atoms with E-state index in [9.17, 15) is 0 Å². The first-order valence-electron chi connectivity index (χ1n) is 12.1. The summed E-state index contributed by atoms with van der Waals surface area (Å²) in [5, 5.41) is 7.99. The maximum Gasteiger partial charge on any atom is 0.227 e. The molecule has 0 fully saturated rings. The van der Waals surface area contributed by atoms with Crippen molar-refractivity contribution in [2.45, 2.75) is 45.8 Å². The Morgan fingerprint density at radius 1 is 1.08 bits per heavy atom. The third-order valence-corrected chi connectivity index (χ3v) is 6.55. The molecule has 0 aliphatic heterocycles. The van der Waals surface area contributed by atoms with Crippen molar-refractivity contribution in [3.05, 3.63) is 66.5 Å². The van der Waals surface area contributed by atoms with Crippen molar-refractivity contribution < 1.29 is 7.48 Å². The van der Waals surface area contributed by atoms with E-state index in [0.29, 0.717) is 24.9 Å². The smallest absolute Gasteiger partial charge is 0.227 e. The van der Waals surface area contributed by atoms with Crippen molar-refractivity contribution in [3.8, 4) is 11.3 Å². The third-order valence-electron chi connectivity index (χ3n) is 6.19. The summed E-state index contributed by atoms with van der Waals surface area (Å²) in [6, 6.07) is 18.9. The van der Waals surface area contributed by atoms with Crippen LogP contribution in [0.15, 0.2) is 65.3 Å². The lowest BCUT2D eigenvalue weighted by Crippen LogP contribution is -2.24. The molecule has 0 saturated heterocycles. The lowest BCUT2D eigenvalue weighted by Gasteiger charge is -2.17. The summed E-state index contributed by atoms with van der Waals surface area (Å²) in [6.07, 6.45) is 2.72. The molecule has 2 N–H and O–H groups in total. The van der Waals surface area contributed by atoms with E-state index in [2.05, 4.69) is 77.4 Å². The zero-order valence-corrected chi connectivity index (χ0v) is 22.7. The lowest BCUT2D eigenvalue weighted by molar-refractivity contribution is 0.386. The highest BCUT2D eigenvalue weighted by atomic mass is 127. The molecule has 0 spiro atoms. The summed E-state index contributed by atoms with van der Waals surface area (Å²) in [5.74, 6) is 2.13. The molecule has 186 valence electrons. The molecule has 0 amide bonds. The summed E-state index contributed by atoms with van der Waals surface area (Å²) in [4.78, 5) is 14.2. The average molecular weight is 596 g/mol. The Bertz CT molecular complexity index is 1430. The molecule has 0 aliphatic rings. The Morgan fingerprint density at radius 3 is 2.61 bits per heavy atom. The van der Waals surface area contributed by atoms with Crippen molar-refractivity contribution in [2.24, 2.45) is 0 Å². The fraction of sp³-hybridized carbons (Fsp3) is 0.296. The first-order chi connectivity index (χ1) is 17.6. The van der Waals surface area contributed by atoms with Crippen LogP contribution in [0.2, 0.25) is 0 Å². The van der Waals surface area contributed by atoms with Gasteiger partial charge >= 0.3 is 0 Å². The van der Waals surface area contributed by atoms with Gasteiger partial charge in [0.25, 0.3) is 0 Å². The second-order valence-corrected chi connectivity index (χ2v) is 9.66. The quantitative estimate of drug-likeness (QED) is 0.168. The fourth-order valence-corrected chi connectivity index (χ4v) is 4.53. The van der Waals surface area contributed by atoms with E-state index in [-0.39, 0.29) is 12.1 Å². The molecule has 2 aromatic carbocycles. The number of hydrogen-bond acceptors (Lipinski definition) is 7. The summed E-state index contributed by atoms with van der Waals surface area (Å²) >= 11 is 1.92. The number of imidazole rings is 1. The summed E-state index contributed by atoms with van der Waals surface area (Å²) in [7, 11) is 0. The highest BCUT2D eigenvalue weighted by Crippen LogP contribution is 2.28. The number of hydrogen-bond donors (Lipinski definition) is 2. The Labute approximate surface area is 224 Å². The molecule has 5 rings (SSSR count). The minimum absolute atomic E-state index is 0.119. The van der Waals surface area contributed by atoms with Gasteiger partial charge in [0.05, 0.1) is 19.0 Å². The number of halogens is 1. The minimum Gasteiger partial charge on any atom is -0.456 e.